The Morgan fingerprint density at radius 3 is 2.08 bits per heavy atom. The number of hydrogen-bond acceptors (Lipinski definition) is 1. The maximum absolute atomic E-state index is 10.2. The second-order valence-electron chi connectivity index (χ2n) is 4.72. The van der Waals surface area contributed by atoms with Gasteiger partial charge in [-0.3, -0.25) is 0 Å². The lowest BCUT2D eigenvalue weighted by molar-refractivity contribution is -0.0544. The first-order valence-corrected chi connectivity index (χ1v) is 5.27. The molecule has 0 heterocycles. The zero-order valence-electron chi connectivity index (χ0n) is 8.64. The molecule has 0 aromatic carbocycles. The molecule has 1 atom stereocenters. The van der Waals surface area contributed by atoms with Crippen LogP contribution in [0.25, 0.3) is 0 Å². The average Bonchev–Trinajstić information content (AvgIpc) is 2.06. The van der Waals surface area contributed by atoms with Crippen molar-refractivity contribution in [2.24, 2.45) is 11.8 Å². The Balaban J connectivity index is 2.53. The van der Waals surface area contributed by atoms with Crippen molar-refractivity contribution in [3.8, 4) is 0 Å². The summed E-state index contributed by atoms with van der Waals surface area (Å²) >= 11 is 0. The van der Waals surface area contributed by atoms with Crippen LogP contribution in [0.4, 0.5) is 0 Å². The topological polar surface area (TPSA) is 20.2 Å². The minimum absolute atomic E-state index is 0.389. The van der Waals surface area contributed by atoms with Crippen LogP contribution in [0.2, 0.25) is 0 Å². The van der Waals surface area contributed by atoms with E-state index < -0.39 is 5.60 Å². The van der Waals surface area contributed by atoms with Gasteiger partial charge in [-0.1, -0.05) is 33.1 Å². The maximum Gasteiger partial charge on any atom is 0.0670 e. The van der Waals surface area contributed by atoms with Crippen molar-refractivity contribution in [3.63, 3.8) is 0 Å². The number of aliphatic hydroxyl groups is 1. The molecule has 72 valence electrons. The lowest BCUT2D eigenvalue weighted by Gasteiger charge is -2.38. The number of rotatable bonds is 2. The highest BCUT2D eigenvalue weighted by molar-refractivity contribution is 4.86. The summed E-state index contributed by atoms with van der Waals surface area (Å²) in [6, 6.07) is 0. The third kappa shape index (κ3) is 2.01. The Hall–Kier alpha value is -0.0400. The largest absolute Gasteiger partial charge is 0.390 e. The van der Waals surface area contributed by atoms with Gasteiger partial charge in [-0.2, -0.15) is 0 Å². The van der Waals surface area contributed by atoms with Crippen molar-refractivity contribution in [1.29, 1.82) is 0 Å². The Morgan fingerprint density at radius 1 is 1.17 bits per heavy atom. The molecule has 0 bridgehead atoms. The van der Waals surface area contributed by atoms with Gasteiger partial charge in [0, 0.05) is 0 Å². The molecule has 0 saturated heterocycles. The lowest BCUT2D eigenvalue weighted by atomic mass is 9.73. The normalized spacial score (nSPS) is 25.8. The molecule has 1 heteroatoms. The van der Waals surface area contributed by atoms with Crippen molar-refractivity contribution in [2.75, 3.05) is 0 Å². The van der Waals surface area contributed by atoms with Gasteiger partial charge in [0.2, 0.25) is 0 Å². The summed E-state index contributed by atoms with van der Waals surface area (Å²) < 4.78 is 0. The fraction of sp³-hybridized carbons (Fsp3) is 1.00. The molecule has 1 unspecified atom stereocenters. The second-order valence-corrected chi connectivity index (χ2v) is 4.72. The third-order valence-corrected chi connectivity index (χ3v) is 3.60. The van der Waals surface area contributed by atoms with Gasteiger partial charge in [0.15, 0.2) is 0 Å². The third-order valence-electron chi connectivity index (χ3n) is 3.60. The molecule has 0 amide bonds. The van der Waals surface area contributed by atoms with Gasteiger partial charge < -0.3 is 5.11 Å². The first kappa shape index (κ1) is 10.0. The van der Waals surface area contributed by atoms with Crippen LogP contribution in [0.3, 0.4) is 0 Å². The molecule has 1 rings (SSSR count). The molecule has 1 fully saturated rings. The maximum atomic E-state index is 10.2. The summed E-state index contributed by atoms with van der Waals surface area (Å²) in [6.45, 7) is 6.25. The van der Waals surface area contributed by atoms with E-state index in [0.29, 0.717) is 11.8 Å². The van der Waals surface area contributed by atoms with E-state index >= 15 is 0 Å². The summed E-state index contributed by atoms with van der Waals surface area (Å²) in [5, 5.41) is 10.2. The zero-order valence-corrected chi connectivity index (χ0v) is 8.64. The highest BCUT2D eigenvalue weighted by Gasteiger charge is 2.35. The van der Waals surface area contributed by atoms with Gasteiger partial charge in [0.25, 0.3) is 0 Å². The first-order valence-electron chi connectivity index (χ1n) is 5.27. The van der Waals surface area contributed by atoms with Gasteiger partial charge in [0.05, 0.1) is 5.60 Å². The Morgan fingerprint density at radius 2 is 1.67 bits per heavy atom. The Kier molecular flexibility index (Phi) is 3.16. The van der Waals surface area contributed by atoms with Gasteiger partial charge in [-0.25, -0.2) is 0 Å². The molecule has 0 aliphatic heterocycles. The quantitative estimate of drug-likeness (QED) is 0.675. The van der Waals surface area contributed by atoms with Crippen molar-refractivity contribution in [3.05, 3.63) is 0 Å². The van der Waals surface area contributed by atoms with E-state index in [1.165, 1.54) is 32.1 Å². The molecule has 1 aliphatic carbocycles. The van der Waals surface area contributed by atoms with Crippen LogP contribution in [0.1, 0.15) is 52.9 Å². The SMILES string of the molecule is CC(C)C(C)(O)C1CCCCC1. The van der Waals surface area contributed by atoms with Gasteiger partial charge >= 0.3 is 0 Å². The van der Waals surface area contributed by atoms with E-state index in [4.69, 9.17) is 0 Å². The summed E-state index contributed by atoms with van der Waals surface area (Å²) in [5.74, 6) is 0.937. The molecule has 0 aromatic rings. The molecule has 0 spiro atoms. The minimum Gasteiger partial charge on any atom is -0.390 e. The fourth-order valence-electron chi connectivity index (χ4n) is 2.16. The molecule has 1 nitrogen and oxygen atoms in total. The Bertz CT molecular complexity index is 132. The fourth-order valence-corrected chi connectivity index (χ4v) is 2.16. The highest BCUT2D eigenvalue weighted by Crippen LogP contribution is 2.36. The van der Waals surface area contributed by atoms with E-state index in [9.17, 15) is 5.11 Å². The van der Waals surface area contributed by atoms with Crippen LogP contribution in [0, 0.1) is 11.8 Å². The van der Waals surface area contributed by atoms with Crippen molar-refractivity contribution < 1.29 is 5.11 Å². The predicted octanol–water partition coefficient (Wildman–Crippen LogP) is 2.97. The van der Waals surface area contributed by atoms with E-state index in [-0.39, 0.29) is 0 Å². The zero-order chi connectivity index (χ0) is 9.19. The standard InChI is InChI=1S/C11H22O/c1-9(2)11(3,12)10-7-5-4-6-8-10/h9-10,12H,4-8H2,1-3H3. The van der Waals surface area contributed by atoms with Crippen LogP contribution in [-0.2, 0) is 0 Å². The molecule has 12 heavy (non-hydrogen) atoms. The molecular formula is C11H22O. The van der Waals surface area contributed by atoms with Crippen molar-refractivity contribution in [2.45, 2.75) is 58.5 Å². The van der Waals surface area contributed by atoms with E-state index in [1.807, 2.05) is 6.92 Å². The molecule has 0 radical (unpaired) electrons. The smallest absolute Gasteiger partial charge is 0.0670 e. The van der Waals surface area contributed by atoms with Crippen LogP contribution in [0.5, 0.6) is 0 Å². The number of hydrogen-bond donors (Lipinski definition) is 1. The highest BCUT2D eigenvalue weighted by atomic mass is 16.3. The Labute approximate surface area is 76.2 Å². The van der Waals surface area contributed by atoms with E-state index in [0.717, 1.165) is 0 Å². The lowest BCUT2D eigenvalue weighted by Crippen LogP contribution is -2.40. The van der Waals surface area contributed by atoms with Crippen LogP contribution < -0.4 is 0 Å². The van der Waals surface area contributed by atoms with E-state index in [2.05, 4.69) is 13.8 Å². The predicted molar refractivity (Wildman–Crippen MR) is 52.0 cm³/mol. The summed E-state index contributed by atoms with van der Waals surface area (Å²) in [4.78, 5) is 0. The van der Waals surface area contributed by atoms with Crippen LogP contribution in [0.15, 0.2) is 0 Å². The van der Waals surface area contributed by atoms with Gasteiger partial charge in [-0.15, -0.1) is 0 Å². The monoisotopic (exact) mass is 170 g/mol. The second kappa shape index (κ2) is 3.78. The molecule has 1 aliphatic rings. The first-order chi connectivity index (χ1) is 5.55. The van der Waals surface area contributed by atoms with Gasteiger partial charge in [-0.05, 0) is 31.6 Å². The molecule has 1 N–H and O–H groups in total. The van der Waals surface area contributed by atoms with E-state index in [1.54, 1.807) is 0 Å². The molecular weight excluding hydrogens is 148 g/mol. The van der Waals surface area contributed by atoms with Gasteiger partial charge in [0.1, 0.15) is 0 Å². The van der Waals surface area contributed by atoms with Crippen LogP contribution >= 0.6 is 0 Å². The summed E-state index contributed by atoms with van der Waals surface area (Å²) in [6.07, 6.45) is 6.45. The molecule has 0 aromatic heterocycles. The molecule has 1 saturated carbocycles. The summed E-state index contributed by atoms with van der Waals surface area (Å²) in [7, 11) is 0. The van der Waals surface area contributed by atoms with Crippen molar-refractivity contribution >= 4 is 0 Å². The van der Waals surface area contributed by atoms with Crippen LogP contribution in [-0.4, -0.2) is 10.7 Å². The average molecular weight is 170 g/mol. The minimum atomic E-state index is -0.430. The van der Waals surface area contributed by atoms with Crippen molar-refractivity contribution in [1.82, 2.24) is 0 Å². The summed E-state index contributed by atoms with van der Waals surface area (Å²) in [5.41, 5.74) is -0.430.